The molecule has 1 saturated carbocycles. The SMILES string of the molecule is CC[C@H]1CCN(C(=O)C(NC(=O)NC(C(=O)OC(C)(C)C)C2CCCCC2)C(C)(C)C)C1C(=O)NC(C)C(=O)C(N)=O. The highest BCUT2D eigenvalue weighted by Crippen LogP contribution is 2.31. The van der Waals surface area contributed by atoms with Crippen LogP contribution < -0.4 is 21.7 Å². The maximum Gasteiger partial charge on any atom is 0.329 e. The Kier molecular flexibility index (Phi) is 11.9. The van der Waals surface area contributed by atoms with Crippen LogP contribution in [0.2, 0.25) is 0 Å². The van der Waals surface area contributed by atoms with Crippen molar-refractivity contribution in [2.75, 3.05) is 6.54 Å². The molecular formula is C30H51N5O7. The van der Waals surface area contributed by atoms with Crippen molar-refractivity contribution in [1.82, 2.24) is 20.9 Å². The number of nitrogens with zero attached hydrogens (tertiary/aromatic N) is 1. The highest BCUT2D eigenvalue weighted by molar-refractivity contribution is 6.37. The summed E-state index contributed by atoms with van der Waals surface area (Å²) in [6.07, 6.45) is 5.71. The summed E-state index contributed by atoms with van der Waals surface area (Å²) >= 11 is 0. The second-order valence-corrected chi connectivity index (χ2v) is 13.7. The smallest absolute Gasteiger partial charge is 0.329 e. The average Bonchev–Trinajstić information content (AvgIpc) is 3.32. The predicted molar refractivity (Wildman–Crippen MR) is 157 cm³/mol. The summed E-state index contributed by atoms with van der Waals surface area (Å²) in [6.45, 7) is 14.3. The molecule has 0 bridgehead atoms. The molecule has 5 amide bonds. The number of amides is 5. The minimum atomic E-state index is -1.16. The Balaban J connectivity index is 2.27. The number of ether oxygens (including phenoxy) is 1. The van der Waals surface area contributed by atoms with Gasteiger partial charge in [-0.05, 0) is 64.2 Å². The molecule has 0 aromatic carbocycles. The van der Waals surface area contributed by atoms with Gasteiger partial charge in [0.2, 0.25) is 17.6 Å². The van der Waals surface area contributed by atoms with E-state index in [0.29, 0.717) is 12.8 Å². The number of rotatable bonds is 10. The number of urea groups is 1. The molecule has 1 saturated heterocycles. The van der Waals surface area contributed by atoms with E-state index in [2.05, 4.69) is 16.0 Å². The highest BCUT2D eigenvalue weighted by atomic mass is 16.6. The molecule has 238 valence electrons. The van der Waals surface area contributed by atoms with E-state index in [1.165, 1.54) is 11.8 Å². The second kappa shape index (κ2) is 14.3. The third-order valence-corrected chi connectivity index (χ3v) is 8.05. The zero-order chi connectivity index (χ0) is 32.0. The third kappa shape index (κ3) is 9.42. The fourth-order valence-corrected chi connectivity index (χ4v) is 5.79. The van der Waals surface area contributed by atoms with Crippen LogP contribution in [0.1, 0.15) is 100 Å². The Morgan fingerprint density at radius 2 is 1.50 bits per heavy atom. The Morgan fingerprint density at radius 1 is 0.905 bits per heavy atom. The Morgan fingerprint density at radius 3 is 2.00 bits per heavy atom. The van der Waals surface area contributed by atoms with Crippen molar-refractivity contribution in [3.8, 4) is 0 Å². The molecule has 12 heteroatoms. The number of primary amides is 1. The lowest BCUT2D eigenvalue weighted by molar-refractivity contribution is -0.159. The maximum atomic E-state index is 14.0. The van der Waals surface area contributed by atoms with Gasteiger partial charge < -0.3 is 31.3 Å². The van der Waals surface area contributed by atoms with Crippen LogP contribution in [-0.4, -0.2) is 76.7 Å². The molecule has 0 aromatic rings. The molecule has 2 rings (SSSR count). The number of esters is 1. The van der Waals surface area contributed by atoms with Gasteiger partial charge in [0.1, 0.15) is 23.7 Å². The van der Waals surface area contributed by atoms with E-state index in [-0.39, 0.29) is 18.4 Å². The van der Waals surface area contributed by atoms with Crippen molar-refractivity contribution in [3.05, 3.63) is 0 Å². The number of hydrogen-bond donors (Lipinski definition) is 4. The number of carbonyl (C=O) groups excluding carboxylic acids is 6. The Bertz CT molecular complexity index is 1030. The molecule has 5 N–H and O–H groups in total. The van der Waals surface area contributed by atoms with E-state index in [4.69, 9.17) is 10.5 Å². The summed E-state index contributed by atoms with van der Waals surface area (Å²) in [6, 6.07) is -4.59. The number of nitrogens with one attached hydrogen (secondary N) is 3. The number of nitrogens with two attached hydrogens (primary N) is 1. The Labute approximate surface area is 249 Å². The van der Waals surface area contributed by atoms with Crippen molar-refractivity contribution < 1.29 is 33.5 Å². The highest BCUT2D eigenvalue weighted by Gasteiger charge is 2.46. The fourth-order valence-electron chi connectivity index (χ4n) is 5.79. The number of ketones is 1. The third-order valence-electron chi connectivity index (χ3n) is 8.05. The van der Waals surface area contributed by atoms with Crippen LogP contribution in [0.25, 0.3) is 0 Å². The van der Waals surface area contributed by atoms with E-state index in [0.717, 1.165) is 32.1 Å². The molecule has 0 radical (unpaired) electrons. The van der Waals surface area contributed by atoms with E-state index >= 15 is 0 Å². The van der Waals surface area contributed by atoms with Crippen LogP contribution >= 0.6 is 0 Å². The van der Waals surface area contributed by atoms with Crippen LogP contribution in [0.5, 0.6) is 0 Å². The Hall–Kier alpha value is -3.18. The van der Waals surface area contributed by atoms with Gasteiger partial charge >= 0.3 is 12.0 Å². The number of carbonyl (C=O) groups is 6. The lowest BCUT2D eigenvalue weighted by Gasteiger charge is -2.37. The van der Waals surface area contributed by atoms with E-state index < -0.39 is 70.7 Å². The molecular weight excluding hydrogens is 542 g/mol. The zero-order valence-corrected chi connectivity index (χ0v) is 26.5. The van der Waals surface area contributed by atoms with E-state index in [9.17, 15) is 28.8 Å². The van der Waals surface area contributed by atoms with Crippen molar-refractivity contribution in [3.63, 3.8) is 0 Å². The fraction of sp³-hybridized carbons (Fsp3) is 0.800. The van der Waals surface area contributed by atoms with Gasteiger partial charge in [-0.2, -0.15) is 0 Å². The first-order chi connectivity index (χ1) is 19.4. The normalized spacial score (nSPS) is 22.0. The largest absolute Gasteiger partial charge is 0.458 e. The van der Waals surface area contributed by atoms with Crippen LogP contribution in [0.3, 0.4) is 0 Å². The first-order valence-corrected chi connectivity index (χ1v) is 15.1. The molecule has 12 nitrogen and oxygen atoms in total. The molecule has 4 unspecified atom stereocenters. The minimum absolute atomic E-state index is 0.0785. The first kappa shape index (κ1) is 35.0. The van der Waals surface area contributed by atoms with Crippen molar-refractivity contribution >= 4 is 35.5 Å². The van der Waals surface area contributed by atoms with Crippen molar-refractivity contribution in [2.24, 2.45) is 23.0 Å². The number of likely N-dealkylation sites (tertiary alicyclic amines) is 1. The zero-order valence-electron chi connectivity index (χ0n) is 26.5. The molecule has 0 spiro atoms. The number of hydrogen-bond acceptors (Lipinski definition) is 7. The van der Waals surface area contributed by atoms with Gasteiger partial charge in [-0.3, -0.25) is 19.2 Å². The van der Waals surface area contributed by atoms with Gasteiger partial charge in [-0.1, -0.05) is 53.4 Å². The topological polar surface area (TPSA) is 177 Å². The molecule has 1 aliphatic carbocycles. The average molecular weight is 594 g/mol. The molecule has 1 aliphatic heterocycles. The summed E-state index contributed by atoms with van der Waals surface area (Å²) in [7, 11) is 0. The van der Waals surface area contributed by atoms with Crippen LogP contribution in [0.15, 0.2) is 0 Å². The quantitative estimate of drug-likeness (QED) is 0.222. The van der Waals surface area contributed by atoms with Gasteiger partial charge in [0.05, 0.1) is 6.04 Å². The summed E-state index contributed by atoms with van der Waals surface area (Å²) in [4.78, 5) is 78.6. The van der Waals surface area contributed by atoms with E-state index in [1.54, 1.807) is 41.5 Å². The molecule has 42 heavy (non-hydrogen) atoms. The van der Waals surface area contributed by atoms with Crippen LogP contribution in [0, 0.1) is 17.3 Å². The molecule has 0 aromatic heterocycles. The van der Waals surface area contributed by atoms with Gasteiger partial charge in [0.25, 0.3) is 5.91 Å². The van der Waals surface area contributed by atoms with Gasteiger partial charge in [-0.25, -0.2) is 9.59 Å². The predicted octanol–water partition coefficient (Wildman–Crippen LogP) is 2.18. The minimum Gasteiger partial charge on any atom is -0.458 e. The van der Waals surface area contributed by atoms with Crippen LogP contribution in [-0.2, 0) is 28.7 Å². The van der Waals surface area contributed by atoms with Crippen molar-refractivity contribution in [1.29, 1.82) is 0 Å². The lowest BCUT2D eigenvalue weighted by atomic mass is 9.83. The second-order valence-electron chi connectivity index (χ2n) is 13.7. The monoisotopic (exact) mass is 593 g/mol. The lowest BCUT2D eigenvalue weighted by Crippen LogP contribution is -2.62. The first-order valence-electron chi connectivity index (χ1n) is 15.1. The molecule has 1 heterocycles. The van der Waals surface area contributed by atoms with E-state index in [1.807, 2.05) is 6.92 Å². The molecule has 2 fully saturated rings. The number of Topliss-reactive ketones (excluding diaryl/α,β-unsaturated/α-hetero) is 1. The summed E-state index contributed by atoms with van der Waals surface area (Å²) in [5.41, 5.74) is 3.60. The standard InChI is InChI=1S/C30H51N5O7/c1-9-18-15-16-35(21(18)25(38)32-17(2)22(36)24(31)37)26(39)23(29(3,4)5)34-28(41)33-20(19-13-11-10-12-14-19)27(40)42-30(6,7)8/h17-21,23H,9-16H2,1-8H3,(H2,31,37)(H,32,38)(H2,33,34,41)/t17?,18-,20?,21?,23?/m0/s1. The summed E-state index contributed by atoms with van der Waals surface area (Å²) in [5, 5.41) is 8.13. The van der Waals surface area contributed by atoms with Gasteiger partial charge in [-0.15, -0.1) is 0 Å². The maximum absolute atomic E-state index is 14.0. The molecule has 2 aliphatic rings. The van der Waals surface area contributed by atoms with Crippen LogP contribution in [0.4, 0.5) is 4.79 Å². The van der Waals surface area contributed by atoms with Crippen molar-refractivity contribution in [2.45, 2.75) is 130 Å². The summed E-state index contributed by atoms with van der Waals surface area (Å²) in [5.74, 6) is -3.87. The van der Waals surface area contributed by atoms with Gasteiger partial charge in [0.15, 0.2) is 0 Å². The van der Waals surface area contributed by atoms with Gasteiger partial charge in [0, 0.05) is 6.54 Å². The molecule has 5 atom stereocenters. The summed E-state index contributed by atoms with van der Waals surface area (Å²) < 4.78 is 5.63.